The molecule has 3 heteroatoms. The van der Waals surface area contributed by atoms with Gasteiger partial charge in [-0.1, -0.05) is 0 Å². The molecule has 1 fully saturated rings. The quantitative estimate of drug-likeness (QED) is 0.509. The first-order chi connectivity index (χ1) is 4.33. The van der Waals surface area contributed by atoms with Crippen LogP contribution in [0.15, 0.2) is 0 Å². The highest BCUT2D eigenvalue weighted by atomic mass is 16.5. The summed E-state index contributed by atoms with van der Waals surface area (Å²) in [7, 11) is 2.09. The molecule has 1 atom stereocenters. The van der Waals surface area contributed by atoms with Gasteiger partial charge in [-0.3, -0.25) is 0 Å². The minimum absolute atomic E-state index is 0.267. The molecule has 0 aromatic heterocycles. The van der Waals surface area contributed by atoms with E-state index in [0.717, 1.165) is 19.7 Å². The van der Waals surface area contributed by atoms with Crippen LogP contribution in [-0.4, -0.2) is 44.3 Å². The maximum Gasteiger partial charge on any atom is 0.0824 e. The summed E-state index contributed by atoms with van der Waals surface area (Å²) in [6, 6.07) is 0. The van der Waals surface area contributed by atoms with Gasteiger partial charge in [0.2, 0.25) is 0 Å². The molecule has 2 N–H and O–H groups in total. The monoisotopic (exact) mass is 130 g/mol. The zero-order valence-corrected chi connectivity index (χ0v) is 5.84. The average Bonchev–Trinajstić information content (AvgIpc) is 1.88. The molecule has 0 radical (unpaired) electrons. The molecular formula is C6H14N2O. The zero-order valence-electron chi connectivity index (χ0n) is 5.84. The standard InChI is InChI=1S/C6H14N2O/c1-8-2-3-9-6(4-7)5-8/h6H,2-5,7H2,1H3/t6-/m1/s1. The molecule has 1 aliphatic rings. The summed E-state index contributed by atoms with van der Waals surface area (Å²) in [5.74, 6) is 0. The third-order valence-electron chi connectivity index (χ3n) is 1.60. The fourth-order valence-corrected chi connectivity index (χ4v) is 1.01. The minimum Gasteiger partial charge on any atom is -0.374 e. The molecular weight excluding hydrogens is 116 g/mol. The molecule has 3 nitrogen and oxygen atoms in total. The van der Waals surface area contributed by atoms with Crippen molar-refractivity contribution in [1.82, 2.24) is 4.90 Å². The molecule has 1 aliphatic heterocycles. The van der Waals surface area contributed by atoms with Crippen molar-refractivity contribution < 1.29 is 4.74 Å². The lowest BCUT2D eigenvalue weighted by Crippen LogP contribution is -2.43. The van der Waals surface area contributed by atoms with E-state index in [4.69, 9.17) is 10.5 Å². The Kier molecular flexibility index (Phi) is 2.45. The third-order valence-corrected chi connectivity index (χ3v) is 1.60. The number of rotatable bonds is 1. The molecule has 0 saturated carbocycles. The predicted octanol–water partition coefficient (Wildman–Crippen LogP) is -0.724. The summed E-state index contributed by atoms with van der Waals surface area (Å²) in [4.78, 5) is 2.24. The number of nitrogens with zero attached hydrogens (tertiary/aromatic N) is 1. The molecule has 9 heavy (non-hydrogen) atoms. The Bertz CT molecular complexity index is 87.1. The molecule has 0 unspecified atom stereocenters. The highest BCUT2D eigenvalue weighted by Crippen LogP contribution is 1.99. The zero-order chi connectivity index (χ0) is 6.69. The summed E-state index contributed by atoms with van der Waals surface area (Å²) in [5, 5.41) is 0. The lowest BCUT2D eigenvalue weighted by Gasteiger charge is -2.28. The fourth-order valence-electron chi connectivity index (χ4n) is 1.01. The van der Waals surface area contributed by atoms with Gasteiger partial charge in [-0.2, -0.15) is 0 Å². The van der Waals surface area contributed by atoms with Gasteiger partial charge in [0.05, 0.1) is 12.7 Å². The van der Waals surface area contributed by atoms with Crippen LogP contribution in [0.5, 0.6) is 0 Å². The van der Waals surface area contributed by atoms with E-state index in [1.165, 1.54) is 0 Å². The lowest BCUT2D eigenvalue weighted by molar-refractivity contribution is -0.0138. The highest BCUT2D eigenvalue weighted by molar-refractivity contribution is 4.68. The Balaban J connectivity index is 2.23. The van der Waals surface area contributed by atoms with Crippen LogP contribution in [0.2, 0.25) is 0 Å². The van der Waals surface area contributed by atoms with Crippen LogP contribution in [-0.2, 0) is 4.74 Å². The van der Waals surface area contributed by atoms with E-state index in [9.17, 15) is 0 Å². The van der Waals surface area contributed by atoms with Crippen molar-refractivity contribution in [2.45, 2.75) is 6.10 Å². The van der Waals surface area contributed by atoms with E-state index >= 15 is 0 Å². The maximum atomic E-state index is 5.41. The van der Waals surface area contributed by atoms with Gasteiger partial charge in [-0.05, 0) is 7.05 Å². The van der Waals surface area contributed by atoms with Crippen LogP contribution in [0.25, 0.3) is 0 Å². The summed E-state index contributed by atoms with van der Waals surface area (Å²) in [6.45, 7) is 3.50. The summed E-state index contributed by atoms with van der Waals surface area (Å²) in [6.07, 6.45) is 0.267. The van der Waals surface area contributed by atoms with Gasteiger partial charge in [0.1, 0.15) is 0 Å². The summed E-state index contributed by atoms with van der Waals surface area (Å²) >= 11 is 0. The maximum absolute atomic E-state index is 5.41. The van der Waals surface area contributed by atoms with Crippen molar-refractivity contribution in [3.05, 3.63) is 0 Å². The Labute approximate surface area is 55.8 Å². The molecule has 1 rings (SSSR count). The number of morpholine rings is 1. The molecule has 1 heterocycles. The topological polar surface area (TPSA) is 38.5 Å². The van der Waals surface area contributed by atoms with Gasteiger partial charge >= 0.3 is 0 Å². The molecule has 54 valence electrons. The second kappa shape index (κ2) is 3.15. The second-order valence-electron chi connectivity index (χ2n) is 2.49. The van der Waals surface area contributed by atoms with Crippen LogP contribution in [0.3, 0.4) is 0 Å². The Morgan fingerprint density at radius 2 is 2.56 bits per heavy atom. The van der Waals surface area contributed by atoms with Crippen LogP contribution in [0, 0.1) is 0 Å². The molecule has 0 aromatic carbocycles. The highest BCUT2D eigenvalue weighted by Gasteiger charge is 2.14. The van der Waals surface area contributed by atoms with E-state index in [2.05, 4.69) is 11.9 Å². The van der Waals surface area contributed by atoms with Crippen molar-refractivity contribution in [2.24, 2.45) is 5.73 Å². The van der Waals surface area contributed by atoms with E-state index < -0.39 is 0 Å². The Morgan fingerprint density at radius 1 is 1.78 bits per heavy atom. The molecule has 0 amide bonds. The predicted molar refractivity (Wildman–Crippen MR) is 36.3 cm³/mol. The first-order valence-electron chi connectivity index (χ1n) is 3.33. The van der Waals surface area contributed by atoms with Gasteiger partial charge < -0.3 is 15.4 Å². The molecule has 0 aromatic rings. The van der Waals surface area contributed by atoms with Crippen molar-refractivity contribution in [3.8, 4) is 0 Å². The van der Waals surface area contributed by atoms with Crippen LogP contribution < -0.4 is 5.73 Å². The van der Waals surface area contributed by atoms with Crippen LogP contribution >= 0.6 is 0 Å². The third kappa shape index (κ3) is 1.93. The lowest BCUT2D eigenvalue weighted by atomic mass is 10.3. The van der Waals surface area contributed by atoms with Crippen molar-refractivity contribution in [3.63, 3.8) is 0 Å². The van der Waals surface area contributed by atoms with Crippen LogP contribution in [0.1, 0.15) is 0 Å². The number of hydrogen-bond acceptors (Lipinski definition) is 3. The first-order valence-corrected chi connectivity index (χ1v) is 3.33. The van der Waals surface area contributed by atoms with E-state index in [1.54, 1.807) is 0 Å². The molecule has 0 spiro atoms. The SMILES string of the molecule is CN1CCO[C@H](CN)C1. The number of hydrogen-bond donors (Lipinski definition) is 1. The molecule has 0 aliphatic carbocycles. The average molecular weight is 130 g/mol. The van der Waals surface area contributed by atoms with Gasteiger partial charge in [0.25, 0.3) is 0 Å². The Hall–Kier alpha value is -0.120. The van der Waals surface area contributed by atoms with Gasteiger partial charge in [0, 0.05) is 19.6 Å². The summed E-state index contributed by atoms with van der Waals surface area (Å²) in [5.41, 5.74) is 5.41. The fraction of sp³-hybridized carbons (Fsp3) is 1.00. The van der Waals surface area contributed by atoms with Gasteiger partial charge in [0.15, 0.2) is 0 Å². The number of likely N-dealkylation sites (N-methyl/N-ethyl adjacent to an activating group) is 1. The van der Waals surface area contributed by atoms with Gasteiger partial charge in [-0.15, -0.1) is 0 Å². The van der Waals surface area contributed by atoms with E-state index in [1.807, 2.05) is 0 Å². The van der Waals surface area contributed by atoms with E-state index in [-0.39, 0.29) is 6.10 Å². The normalized spacial score (nSPS) is 30.7. The van der Waals surface area contributed by atoms with E-state index in [0.29, 0.717) is 6.54 Å². The largest absolute Gasteiger partial charge is 0.374 e. The van der Waals surface area contributed by atoms with Crippen LogP contribution in [0.4, 0.5) is 0 Å². The molecule has 1 saturated heterocycles. The van der Waals surface area contributed by atoms with Crippen molar-refractivity contribution in [1.29, 1.82) is 0 Å². The number of nitrogens with two attached hydrogens (primary N) is 1. The first kappa shape index (κ1) is 6.99. The molecule has 0 bridgehead atoms. The second-order valence-corrected chi connectivity index (χ2v) is 2.49. The Morgan fingerprint density at radius 3 is 3.00 bits per heavy atom. The minimum atomic E-state index is 0.267. The van der Waals surface area contributed by atoms with Crippen molar-refractivity contribution >= 4 is 0 Å². The van der Waals surface area contributed by atoms with Gasteiger partial charge in [-0.25, -0.2) is 0 Å². The number of ether oxygens (including phenoxy) is 1. The van der Waals surface area contributed by atoms with Crippen molar-refractivity contribution in [2.75, 3.05) is 33.3 Å². The smallest absolute Gasteiger partial charge is 0.0824 e. The summed E-state index contributed by atoms with van der Waals surface area (Å²) < 4.78 is 5.33.